The van der Waals surface area contributed by atoms with Crippen molar-refractivity contribution in [2.75, 3.05) is 26.7 Å². The molecular formula is C15H23BrN2. The molecule has 0 fully saturated rings. The molecule has 0 saturated heterocycles. The molecule has 0 heterocycles. The summed E-state index contributed by atoms with van der Waals surface area (Å²) in [6, 6.07) is 8.44. The third kappa shape index (κ3) is 6.34. The average molecular weight is 311 g/mol. The van der Waals surface area contributed by atoms with Gasteiger partial charge in [-0.1, -0.05) is 41.6 Å². The van der Waals surface area contributed by atoms with E-state index in [1.54, 1.807) is 0 Å². The lowest BCUT2D eigenvalue weighted by Gasteiger charge is -2.18. The number of nitrogens with one attached hydrogen (secondary N) is 1. The highest BCUT2D eigenvalue weighted by Gasteiger charge is 2.03. The Kier molecular flexibility index (Phi) is 7.25. The number of benzene rings is 1. The van der Waals surface area contributed by atoms with Gasteiger partial charge in [0.15, 0.2) is 0 Å². The fraction of sp³-hybridized carbons (Fsp3) is 0.467. The summed E-state index contributed by atoms with van der Waals surface area (Å²) < 4.78 is 1.14. The minimum absolute atomic E-state index is 0.913. The predicted octanol–water partition coefficient (Wildman–Crippen LogP) is 3.44. The van der Waals surface area contributed by atoms with Crippen molar-refractivity contribution in [2.45, 2.75) is 19.9 Å². The van der Waals surface area contributed by atoms with E-state index >= 15 is 0 Å². The quantitative estimate of drug-likeness (QED) is 0.584. The summed E-state index contributed by atoms with van der Waals surface area (Å²) in [4.78, 5) is 2.29. The maximum Gasteiger partial charge on any atom is 0.0234 e. The molecule has 1 aromatic carbocycles. The molecule has 0 aromatic heterocycles. The zero-order chi connectivity index (χ0) is 13.4. The van der Waals surface area contributed by atoms with E-state index in [2.05, 4.69) is 71.0 Å². The van der Waals surface area contributed by atoms with E-state index in [0.717, 1.165) is 30.7 Å². The predicted molar refractivity (Wildman–Crippen MR) is 82.8 cm³/mol. The second-order valence-electron chi connectivity index (χ2n) is 4.73. The largest absolute Gasteiger partial charge is 0.313 e. The van der Waals surface area contributed by atoms with Crippen molar-refractivity contribution in [3.63, 3.8) is 0 Å². The molecule has 0 atom stereocenters. The van der Waals surface area contributed by atoms with Crippen molar-refractivity contribution in [3.05, 3.63) is 46.5 Å². The van der Waals surface area contributed by atoms with Gasteiger partial charge in [0.25, 0.3) is 0 Å². The van der Waals surface area contributed by atoms with Gasteiger partial charge in [-0.2, -0.15) is 0 Å². The first-order valence-electron chi connectivity index (χ1n) is 6.42. The SMILES string of the molecule is C=C(CNCCC)CN(C)Cc1cccc(Br)c1. The van der Waals surface area contributed by atoms with Crippen LogP contribution >= 0.6 is 15.9 Å². The molecule has 100 valence electrons. The topological polar surface area (TPSA) is 15.3 Å². The smallest absolute Gasteiger partial charge is 0.0234 e. The fourth-order valence-electron chi connectivity index (χ4n) is 1.88. The average Bonchev–Trinajstić information content (AvgIpc) is 2.29. The van der Waals surface area contributed by atoms with Crippen molar-refractivity contribution in [1.29, 1.82) is 0 Å². The van der Waals surface area contributed by atoms with Crippen LogP contribution in [0.3, 0.4) is 0 Å². The minimum Gasteiger partial charge on any atom is -0.313 e. The van der Waals surface area contributed by atoms with E-state index in [0.29, 0.717) is 0 Å². The Balaban J connectivity index is 2.32. The standard InChI is InChI=1S/C15H23BrN2/c1-4-8-17-10-13(2)11-18(3)12-14-6-5-7-15(16)9-14/h5-7,9,17H,2,4,8,10-12H2,1,3H3. The van der Waals surface area contributed by atoms with E-state index in [-0.39, 0.29) is 0 Å². The van der Waals surface area contributed by atoms with E-state index in [1.165, 1.54) is 17.6 Å². The van der Waals surface area contributed by atoms with Crippen molar-refractivity contribution in [2.24, 2.45) is 0 Å². The molecule has 0 amide bonds. The van der Waals surface area contributed by atoms with Crippen LogP contribution in [0.1, 0.15) is 18.9 Å². The van der Waals surface area contributed by atoms with Gasteiger partial charge in [-0.25, -0.2) is 0 Å². The molecule has 1 aromatic rings. The third-order valence-corrected chi connectivity index (χ3v) is 3.13. The minimum atomic E-state index is 0.913. The Morgan fingerprint density at radius 2 is 2.22 bits per heavy atom. The second kappa shape index (κ2) is 8.46. The molecular weight excluding hydrogens is 288 g/mol. The van der Waals surface area contributed by atoms with E-state index in [9.17, 15) is 0 Å². The van der Waals surface area contributed by atoms with Gasteiger partial charge in [0.1, 0.15) is 0 Å². The van der Waals surface area contributed by atoms with Crippen molar-refractivity contribution in [1.82, 2.24) is 10.2 Å². The van der Waals surface area contributed by atoms with E-state index < -0.39 is 0 Å². The van der Waals surface area contributed by atoms with Crippen LogP contribution in [0, 0.1) is 0 Å². The van der Waals surface area contributed by atoms with E-state index in [4.69, 9.17) is 0 Å². The molecule has 0 aliphatic rings. The first-order chi connectivity index (χ1) is 8.61. The highest BCUT2D eigenvalue weighted by molar-refractivity contribution is 9.10. The number of halogens is 1. The van der Waals surface area contributed by atoms with Crippen LogP contribution in [0.5, 0.6) is 0 Å². The Hall–Kier alpha value is -0.640. The number of likely N-dealkylation sites (N-methyl/N-ethyl adjacent to an activating group) is 1. The van der Waals surface area contributed by atoms with Gasteiger partial charge in [-0.15, -0.1) is 0 Å². The summed E-state index contributed by atoms with van der Waals surface area (Å²) in [5.41, 5.74) is 2.56. The number of rotatable bonds is 8. The molecule has 0 aliphatic carbocycles. The van der Waals surface area contributed by atoms with Gasteiger partial charge in [0, 0.05) is 24.1 Å². The van der Waals surface area contributed by atoms with Crippen LogP contribution < -0.4 is 5.32 Å². The van der Waals surface area contributed by atoms with Gasteiger partial charge in [0.05, 0.1) is 0 Å². The van der Waals surface area contributed by atoms with Crippen molar-refractivity contribution in [3.8, 4) is 0 Å². The lowest BCUT2D eigenvalue weighted by molar-refractivity contribution is 0.352. The highest BCUT2D eigenvalue weighted by atomic mass is 79.9. The summed E-state index contributed by atoms with van der Waals surface area (Å²) in [7, 11) is 2.13. The van der Waals surface area contributed by atoms with Gasteiger partial charge < -0.3 is 5.32 Å². The van der Waals surface area contributed by atoms with Gasteiger partial charge >= 0.3 is 0 Å². The Morgan fingerprint density at radius 1 is 1.44 bits per heavy atom. The first kappa shape index (κ1) is 15.4. The number of nitrogens with zero attached hydrogens (tertiary/aromatic N) is 1. The number of hydrogen-bond acceptors (Lipinski definition) is 2. The summed E-state index contributed by atoms with van der Waals surface area (Å²) in [5, 5.41) is 3.38. The zero-order valence-corrected chi connectivity index (χ0v) is 13.0. The van der Waals surface area contributed by atoms with Crippen LogP contribution in [0.15, 0.2) is 40.9 Å². The van der Waals surface area contributed by atoms with E-state index in [1.807, 2.05) is 0 Å². The molecule has 18 heavy (non-hydrogen) atoms. The van der Waals surface area contributed by atoms with Crippen LogP contribution in [-0.4, -0.2) is 31.6 Å². The molecule has 1 N–H and O–H groups in total. The number of hydrogen-bond donors (Lipinski definition) is 1. The van der Waals surface area contributed by atoms with Gasteiger partial charge in [-0.3, -0.25) is 4.90 Å². The first-order valence-corrected chi connectivity index (χ1v) is 7.21. The second-order valence-corrected chi connectivity index (χ2v) is 5.64. The van der Waals surface area contributed by atoms with Crippen LogP contribution in [-0.2, 0) is 6.54 Å². The molecule has 0 spiro atoms. The normalized spacial score (nSPS) is 10.9. The van der Waals surface area contributed by atoms with Gasteiger partial charge in [-0.05, 0) is 43.3 Å². The Morgan fingerprint density at radius 3 is 2.89 bits per heavy atom. The molecule has 3 heteroatoms. The molecule has 0 unspecified atom stereocenters. The summed E-state index contributed by atoms with van der Waals surface area (Å²) in [6.07, 6.45) is 1.17. The lowest BCUT2D eigenvalue weighted by atomic mass is 10.2. The lowest BCUT2D eigenvalue weighted by Crippen LogP contribution is -2.26. The zero-order valence-electron chi connectivity index (χ0n) is 11.4. The highest BCUT2D eigenvalue weighted by Crippen LogP contribution is 2.13. The summed E-state index contributed by atoms with van der Waals surface area (Å²) in [5.74, 6) is 0. The molecule has 0 radical (unpaired) electrons. The molecule has 0 saturated carbocycles. The third-order valence-electron chi connectivity index (χ3n) is 2.64. The van der Waals surface area contributed by atoms with Crippen LogP contribution in [0.2, 0.25) is 0 Å². The fourth-order valence-corrected chi connectivity index (χ4v) is 2.33. The maximum atomic E-state index is 4.11. The van der Waals surface area contributed by atoms with Gasteiger partial charge in [0.2, 0.25) is 0 Å². The van der Waals surface area contributed by atoms with Crippen molar-refractivity contribution < 1.29 is 0 Å². The molecule has 2 nitrogen and oxygen atoms in total. The molecule has 0 bridgehead atoms. The summed E-state index contributed by atoms with van der Waals surface area (Å²) >= 11 is 3.50. The van der Waals surface area contributed by atoms with Crippen molar-refractivity contribution >= 4 is 15.9 Å². The maximum absolute atomic E-state index is 4.11. The summed E-state index contributed by atoms with van der Waals surface area (Å²) in [6.45, 7) is 10.1. The Bertz CT molecular complexity index is 377. The molecule has 0 aliphatic heterocycles. The monoisotopic (exact) mass is 310 g/mol. The van der Waals surface area contributed by atoms with Crippen LogP contribution in [0.4, 0.5) is 0 Å². The molecule has 1 rings (SSSR count). The van der Waals surface area contributed by atoms with Crippen LogP contribution in [0.25, 0.3) is 0 Å². The Labute approximate surface area is 119 Å².